The first kappa shape index (κ1) is 16.4. The second kappa shape index (κ2) is 7.42. The van der Waals surface area contributed by atoms with E-state index in [-0.39, 0.29) is 18.1 Å². The molecule has 2 aromatic rings. The number of nitrogens with one attached hydrogen (secondary N) is 1. The van der Waals surface area contributed by atoms with E-state index in [0.717, 1.165) is 36.9 Å². The second-order valence-corrected chi connectivity index (χ2v) is 6.17. The number of hydrogen-bond donors (Lipinski definition) is 1. The summed E-state index contributed by atoms with van der Waals surface area (Å²) in [5.41, 5.74) is 1.66. The van der Waals surface area contributed by atoms with Crippen molar-refractivity contribution in [3.63, 3.8) is 0 Å². The molecule has 2 aromatic heterocycles. The van der Waals surface area contributed by atoms with E-state index in [1.807, 2.05) is 13.8 Å². The molecule has 0 radical (unpaired) electrons. The molecule has 0 aromatic carbocycles. The predicted octanol–water partition coefficient (Wildman–Crippen LogP) is 2.13. The molecule has 24 heavy (non-hydrogen) atoms. The quantitative estimate of drug-likeness (QED) is 0.903. The molecule has 128 valence electrons. The van der Waals surface area contributed by atoms with Crippen molar-refractivity contribution in [2.45, 2.75) is 58.1 Å². The van der Waals surface area contributed by atoms with Crippen molar-refractivity contribution in [3.05, 3.63) is 35.5 Å². The molecule has 2 heterocycles. The van der Waals surface area contributed by atoms with E-state index in [1.54, 1.807) is 18.5 Å². The van der Waals surface area contributed by atoms with Gasteiger partial charge < -0.3 is 14.6 Å². The molecule has 0 unspecified atom stereocenters. The second-order valence-electron chi connectivity index (χ2n) is 6.17. The van der Waals surface area contributed by atoms with Crippen LogP contribution in [0.1, 0.15) is 42.7 Å². The molecule has 1 fully saturated rings. The Morgan fingerprint density at radius 1 is 1.25 bits per heavy atom. The number of rotatable bonds is 5. The van der Waals surface area contributed by atoms with Gasteiger partial charge in [0.05, 0.1) is 12.1 Å². The summed E-state index contributed by atoms with van der Waals surface area (Å²) >= 11 is 0. The standard InChI is InChI=1S/C17H22N4O3/c1-11-15(12(2)24-21-11)10-16(22)20-13-4-6-14(7-5-13)23-17-18-8-3-9-19-17/h3,8-9,13-14H,4-7,10H2,1-2H3,(H,20,22). The number of carbonyl (C=O) groups is 1. The fourth-order valence-corrected chi connectivity index (χ4v) is 3.01. The normalized spacial score (nSPS) is 20.6. The lowest BCUT2D eigenvalue weighted by atomic mass is 9.92. The van der Waals surface area contributed by atoms with Crippen LogP contribution in [-0.4, -0.2) is 33.2 Å². The third-order valence-corrected chi connectivity index (χ3v) is 4.37. The number of carbonyl (C=O) groups excluding carboxylic acids is 1. The summed E-state index contributed by atoms with van der Waals surface area (Å²) < 4.78 is 10.9. The van der Waals surface area contributed by atoms with Crippen LogP contribution in [0, 0.1) is 13.8 Å². The van der Waals surface area contributed by atoms with Gasteiger partial charge in [0.15, 0.2) is 0 Å². The highest BCUT2D eigenvalue weighted by molar-refractivity contribution is 5.79. The van der Waals surface area contributed by atoms with Gasteiger partial charge >= 0.3 is 6.01 Å². The lowest BCUT2D eigenvalue weighted by Crippen LogP contribution is -2.40. The Kier molecular flexibility index (Phi) is 5.08. The zero-order valence-corrected chi connectivity index (χ0v) is 14.0. The largest absolute Gasteiger partial charge is 0.460 e. The van der Waals surface area contributed by atoms with Crippen LogP contribution in [0.3, 0.4) is 0 Å². The molecule has 1 amide bonds. The third-order valence-electron chi connectivity index (χ3n) is 4.37. The Morgan fingerprint density at radius 3 is 2.58 bits per heavy atom. The van der Waals surface area contributed by atoms with Crippen LogP contribution < -0.4 is 10.1 Å². The van der Waals surface area contributed by atoms with Gasteiger partial charge in [-0.2, -0.15) is 0 Å². The van der Waals surface area contributed by atoms with Crippen LogP contribution in [0.15, 0.2) is 23.0 Å². The number of hydrogen-bond acceptors (Lipinski definition) is 6. The zero-order valence-electron chi connectivity index (χ0n) is 14.0. The van der Waals surface area contributed by atoms with Crippen molar-refractivity contribution in [2.24, 2.45) is 0 Å². The first-order chi connectivity index (χ1) is 11.6. The van der Waals surface area contributed by atoms with Gasteiger partial charge in [0.1, 0.15) is 11.9 Å². The van der Waals surface area contributed by atoms with Gasteiger partial charge in [-0.15, -0.1) is 0 Å². The van der Waals surface area contributed by atoms with Crippen LogP contribution in [0.25, 0.3) is 0 Å². The minimum absolute atomic E-state index is 0.0140. The summed E-state index contributed by atoms with van der Waals surface area (Å²) in [7, 11) is 0. The Balaban J connectivity index is 1.44. The van der Waals surface area contributed by atoms with E-state index in [2.05, 4.69) is 20.4 Å². The minimum atomic E-state index is 0.0140. The topological polar surface area (TPSA) is 90.1 Å². The Labute approximate surface area is 140 Å². The third kappa shape index (κ3) is 4.10. The van der Waals surface area contributed by atoms with E-state index in [4.69, 9.17) is 9.26 Å². The highest BCUT2D eigenvalue weighted by Gasteiger charge is 2.24. The zero-order chi connectivity index (χ0) is 16.9. The molecular weight excluding hydrogens is 308 g/mol. The van der Waals surface area contributed by atoms with Crippen LogP contribution >= 0.6 is 0 Å². The summed E-state index contributed by atoms with van der Waals surface area (Å²) in [5.74, 6) is 0.725. The Hall–Kier alpha value is -2.44. The molecule has 0 atom stereocenters. The molecule has 0 aliphatic heterocycles. The van der Waals surface area contributed by atoms with E-state index in [1.165, 1.54) is 0 Å². The minimum Gasteiger partial charge on any atom is -0.460 e. The van der Waals surface area contributed by atoms with Gasteiger partial charge in [-0.05, 0) is 45.6 Å². The average molecular weight is 330 g/mol. The van der Waals surface area contributed by atoms with Crippen LogP contribution in [0.4, 0.5) is 0 Å². The maximum absolute atomic E-state index is 12.2. The van der Waals surface area contributed by atoms with Crippen molar-refractivity contribution in [1.82, 2.24) is 20.4 Å². The van der Waals surface area contributed by atoms with Crippen molar-refractivity contribution in [3.8, 4) is 6.01 Å². The van der Waals surface area contributed by atoms with E-state index < -0.39 is 0 Å². The monoisotopic (exact) mass is 330 g/mol. The summed E-state index contributed by atoms with van der Waals surface area (Å²) in [6.07, 6.45) is 7.32. The molecule has 0 spiro atoms. The van der Waals surface area contributed by atoms with Crippen LogP contribution in [0.2, 0.25) is 0 Å². The Morgan fingerprint density at radius 2 is 1.96 bits per heavy atom. The fraction of sp³-hybridized carbons (Fsp3) is 0.529. The van der Waals surface area contributed by atoms with Crippen molar-refractivity contribution < 1.29 is 14.1 Å². The number of aromatic nitrogens is 3. The van der Waals surface area contributed by atoms with E-state index in [9.17, 15) is 4.79 Å². The molecule has 0 saturated heterocycles. The average Bonchev–Trinajstić information content (AvgIpc) is 2.89. The first-order valence-electron chi connectivity index (χ1n) is 8.26. The molecule has 1 N–H and O–H groups in total. The number of amides is 1. The number of nitrogens with zero attached hydrogens (tertiary/aromatic N) is 3. The Bertz CT molecular complexity index is 659. The molecule has 7 heteroatoms. The predicted molar refractivity (Wildman–Crippen MR) is 86.5 cm³/mol. The lowest BCUT2D eigenvalue weighted by Gasteiger charge is -2.28. The molecule has 1 saturated carbocycles. The van der Waals surface area contributed by atoms with E-state index in [0.29, 0.717) is 18.2 Å². The van der Waals surface area contributed by atoms with E-state index >= 15 is 0 Å². The van der Waals surface area contributed by atoms with Crippen molar-refractivity contribution in [2.75, 3.05) is 0 Å². The highest BCUT2D eigenvalue weighted by atomic mass is 16.5. The molecule has 1 aliphatic carbocycles. The van der Waals surface area contributed by atoms with Gasteiger partial charge in [0.2, 0.25) is 5.91 Å². The molecule has 1 aliphatic rings. The molecule has 3 rings (SSSR count). The maximum atomic E-state index is 12.2. The van der Waals surface area contributed by atoms with Crippen LogP contribution in [0.5, 0.6) is 6.01 Å². The lowest BCUT2D eigenvalue weighted by molar-refractivity contribution is -0.121. The molecular formula is C17H22N4O3. The van der Waals surface area contributed by atoms with Gasteiger partial charge in [-0.3, -0.25) is 4.79 Å². The smallest absolute Gasteiger partial charge is 0.316 e. The summed E-state index contributed by atoms with van der Waals surface area (Å²) in [5, 5.41) is 6.98. The fourth-order valence-electron chi connectivity index (χ4n) is 3.01. The van der Waals surface area contributed by atoms with Crippen molar-refractivity contribution >= 4 is 5.91 Å². The maximum Gasteiger partial charge on any atom is 0.316 e. The van der Waals surface area contributed by atoms with Crippen LogP contribution in [-0.2, 0) is 11.2 Å². The van der Waals surface area contributed by atoms with Crippen molar-refractivity contribution in [1.29, 1.82) is 0 Å². The van der Waals surface area contributed by atoms with Gasteiger partial charge in [0, 0.05) is 24.0 Å². The molecule has 7 nitrogen and oxygen atoms in total. The highest BCUT2D eigenvalue weighted by Crippen LogP contribution is 2.22. The summed E-state index contributed by atoms with van der Waals surface area (Å²) in [4.78, 5) is 20.4. The first-order valence-corrected chi connectivity index (χ1v) is 8.26. The summed E-state index contributed by atoms with van der Waals surface area (Å²) in [6.45, 7) is 3.68. The SMILES string of the molecule is Cc1noc(C)c1CC(=O)NC1CCC(Oc2ncccn2)CC1. The van der Waals surface area contributed by atoms with Gasteiger partial charge in [-0.25, -0.2) is 9.97 Å². The number of ether oxygens (including phenoxy) is 1. The van der Waals surface area contributed by atoms with Gasteiger partial charge in [-0.1, -0.05) is 5.16 Å². The summed E-state index contributed by atoms with van der Waals surface area (Å²) in [6, 6.07) is 2.37. The molecule has 0 bridgehead atoms. The van der Waals surface area contributed by atoms with Gasteiger partial charge in [0.25, 0.3) is 0 Å². The number of aryl methyl sites for hydroxylation is 2.